The Hall–Kier alpha value is -0.420. The molecule has 2 heterocycles. The molecule has 3 atom stereocenters. The third-order valence-corrected chi connectivity index (χ3v) is 4.10. The summed E-state index contributed by atoms with van der Waals surface area (Å²) in [5.74, 6) is 6.21. The van der Waals surface area contributed by atoms with E-state index in [1.807, 2.05) is 0 Å². The van der Waals surface area contributed by atoms with Gasteiger partial charge in [0.2, 0.25) is 0 Å². The van der Waals surface area contributed by atoms with Crippen molar-refractivity contribution in [3.8, 4) is 0 Å². The molecule has 0 aliphatic carbocycles. The zero-order valence-electron chi connectivity index (χ0n) is 9.19. The van der Waals surface area contributed by atoms with Crippen molar-refractivity contribution in [2.45, 2.75) is 32.4 Å². The fourth-order valence-electron chi connectivity index (χ4n) is 2.10. The second-order valence-electron chi connectivity index (χ2n) is 4.19. The standard InChI is InChI=1S/C11H18N2OS/c1-7-5-6-14-11(7)10(13-12)9-4-3-8(2)15-9/h3-4,7,10-11,13H,5-6,12H2,1-2H3. The second-order valence-corrected chi connectivity index (χ2v) is 5.51. The van der Waals surface area contributed by atoms with E-state index in [-0.39, 0.29) is 12.1 Å². The molecule has 1 aliphatic rings. The van der Waals surface area contributed by atoms with Gasteiger partial charge in [-0.2, -0.15) is 0 Å². The van der Waals surface area contributed by atoms with Crippen LogP contribution in [0, 0.1) is 12.8 Å². The molecular weight excluding hydrogens is 208 g/mol. The smallest absolute Gasteiger partial charge is 0.0817 e. The lowest BCUT2D eigenvalue weighted by Gasteiger charge is -2.24. The lowest BCUT2D eigenvalue weighted by molar-refractivity contribution is 0.0618. The quantitative estimate of drug-likeness (QED) is 0.612. The Bertz CT molecular complexity index is 326. The molecule has 0 bridgehead atoms. The van der Waals surface area contributed by atoms with Crippen molar-refractivity contribution in [1.82, 2.24) is 5.43 Å². The van der Waals surface area contributed by atoms with Crippen molar-refractivity contribution in [3.05, 3.63) is 21.9 Å². The highest BCUT2D eigenvalue weighted by atomic mass is 32.1. The minimum absolute atomic E-state index is 0.140. The predicted octanol–water partition coefficient (Wildman–Crippen LogP) is 1.99. The van der Waals surface area contributed by atoms with Crippen LogP contribution in [0.1, 0.15) is 29.1 Å². The number of ether oxygens (including phenoxy) is 1. The Labute approximate surface area is 94.6 Å². The normalized spacial score (nSPS) is 28.2. The van der Waals surface area contributed by atoms with Gasteiger partial charge in [0.15, 0.2) is 0 Å². The van der Waals surface area contributed by atoms with Gasteiger partial charge in [0.05, 0.1) is 12.1 Å². The summed E-state index contributed by atoms with van der Waals surface area (Å²) < 4.78 is 5.75. The summed E-state index contributed by atoms with van der Waals surface area (Å²) in [6.45, 7) is 5.19. The first-order chi connectivity index (χ1) is 7.22. The molecule has 1 aromatic rings. The summed E-state index contributed by atoms with van der Waals surface area (Å²) in [5.41, 5.74) is 2.89. The van der Waals surface area contributed by atoms with Gasteiger partial charge in [0.1, 0.15) is 0 Å². The van der Waals surface area contributed by atoms with Crippen LogP contribution in [0.3, 0.4) is 0 Å². The van der Waals surface area contributed by atoms with Crippen LogP contribution in [-0.2, 0) is 4.74 Å². The van der Waals surface area contributed by atoms with E-state index < -0.39 is 0 Å². The monoisotopic (exact) mass is 226 g/mol. The van der Waals surface area contributed by atoms with Crippen molar-refractivity contribution < 1.29 is 4.74 Å². The highest BCUT2D eigenvalue weighted by Gasteiger charge is 2.33. The highest BCUT2D eigenvalue weighted by Crippen LogP contribution is 2.33. The van der Waals surface area contributed by atoms with Gasteiger partial charge in [-0.25, -0.2) is 5.43 Å². The van der Waals surface area contributed by atoms with Gasteiger partial charge in [-0.1, -0.05) is 6.92 Å². The first kappa shape index (κ1) is 11.1. The summed E-state index contributed by atoms with van der Waals surface area (Å²) in [6.07, 6.45) is 1.35. The number of hydrazine groups is 1. The van der Waals surface area contributed by atoms with Gasteiger partial charge < -0.3 is 4.74 Å². The summed E-state index contributed by atoms with van der Waals surface area (Å²) in [4.78, 5) is 2.59. The minimum atomic E-state index is 0.140. The van der Waals surface area contributed by atoms with E-state index >= 15 is 0 Å². The molecule has 1 saturated heterocycles. The van der Waals surface area contributed by atoms with Gasteiger partial charge in [0, 0.05) is 16.4 Å². The number of thiophene rings is 1. The van der Waals surface area contributed by atoms with E-state index in [1.54, 1.807) is 11.3 Å². The molecule has 2 rings (SSSR count). The fraction of sp³-hybridized carbons (Fsp3) is 0.636. The molecule has 0 amide bonds. The molecule has 4 heteroatoms. The van der Waals surface area contributed by atoms with Crippen LogP contribution in [0.4, 0.5) is 0 Å². The molecule has 84 valence electrons. The van der Waals surface area contributed by atoms with Crippen LogP contribution in [0.2, 0.25) is 0 Å². The maximum atomic E-state index is 5.75. The van der Waals surface area contributed by atoms with E-state index in [9.17, 15) is 0 Å². The Morgan fingerprint density at radius 2 is 2.40 bits per heavy atom. The van der Waals surface area contributed by atoms with Crippen LogP contribution in [-0.4, -0.2) is 12.7 Å². The summed E-state index contributed by atoms with van der Waals surface area (Å²) in [7, 11) is 0. The lowest BCUT2D eigenvalue weighted by Crippen LogP contribution is -2.38. The average Bonchev–Trinajstić information content (AvgIpc) is 2.79. The van der Waals surface area contributed by atoms with Gasteiger partial charge in [0.25, 0.3) is 0 Å². The van der Waals surface area contributed by atoms with E-state index in [1.165, 1.54) is 9.75 Å². The van der Waals surface area contributed by atoms with Gasteiger partial charge in [-0.05, 0) is 31.4 Å². The number of nitrogens with two attached hydrogens (primary N) is 1. The number of nitrogens with one attached hydrogen (secondary N) is 1. The average molecular weight is 226 g/mol. The van der Waals surface area contributed by atoms with Gasteiger partial charge in [-0.3, -0.25) is 5.84 Å². The topological polar surface area (TPSA) is 47.3 Å². The Morgan fingerprint density at radius 3 is 2.87 bits per heavy atom. The van der Waals surface area contributed by atoms with Crippen LogP contribution in [0.25, 0.3) is 0 Å². The zero-order valence-corrected chi connectivity index (χ0v) is 10.0. The molecule has 0 radical (unpaired) electrons. The van der Waals surface area contributed by atoms with Crippen molar-refractivity contribution in [1.29, 1.82) is 0 Å². The Kier molecular flexibility index (Phi) is 3.41. The van der Waals surface area contributed by atoms with Crippen molar-refractivity contribution >= 4 is 11.3 Å². The molecule has 3 nitrogen and oxygen atoms in total. The summed E-state index contributed by atoms with van der Waals surface area (Å²) >= 11 is 1.79. The van der Waals surface area contributed by atoms with E-state index in [0.29, 0.717) is 5.92 Å². The highest BCUT2D eigenvalue weighted by molar-refractivity contribution is 7.12. The molecule has 1 fully saturated rings. The van der Waals surface area contributed by atoms with Crippen LogP contribution in [0.15, 0.2) is 12.1 Å². The van der Waals surface area contributed by atoms with Crippen molar-refractivity contribution in [2.75, 3.05) is 6.61 Å². The fourth-order valence-corrected chi connectivity index (χ4v) is 3.08. The molecule has 1 aromatic heterocycles. The van der Waals surface area contributed by atoms with E-state index in [0.717, 1.165) is 13.0 Å². The predicted molar refractivity (Wildman–Crippen MR) is 62.6 cm³/mol. The van der Waals surface area contributed by atoms with Crippen LogP contribution < -0.4 is 11.3 Å². The lowest BCUT2D eigenvalue weighted by atomic mass is 9.97. The molecule has 3 unspecified atom stereocenters. The minimum Gasteiger partial charge on any atom is -0.376 e. The van der Waals surface area contributed by atoms with E-state index in [4.69, 9.17) is 10.6 Å². The maximum absolute atomic E-state index is 5.75. The molecule has 0 saturated carbocycles. The molecular formula is C11H18N2OS. The number of rotatable bonds is 3. The zero-order chi connectivity index (χ0) is 10.8. The van der Waals surface area contributed by atoms with Crippen molar-refractivity contribution in [2.24, 2.45) is 11.8 Å². The largest absolute Gasteiger partial charge is 0.376 e. The van der Waals surface area contributed by atoms with Gasteiger partial charge in [-0.15, -0.1) is 11.3 Å². The first-order valence-electron chi connectivity index (χ1n) is 5.36. The first-order valence-corrected chi connectivity index (χ1v) is 6.18. The second kappa shape index (κ2) is 4.61. The molecule has 1 aliphatic heterocycles. The molecule has 15 heavy (non-hydrogen) atoms. The number of hydrogen-bond donors (Lipinski definition) is 2. The number of aryl methyl sites for hydroxylation is 1. The number of hydrogen-bond acceptors (Lipinski definition) is 4. The molecule has 3 N–H and O–H groups in total. The summed E-state index contributed by atoms with van der Waals surface area (Å²) in [6, 6.07) is 4.41. The van der Waals surface area contributed by atoms with Crippen molar-refractivity contribution in [3.63, 3.8) is 0 Å². The molecule has 0 aromatic carbocycles. The van der Waals surface area contributed by atoms with Crippen LogP contribution in [0.5, 0.6) is 0 Å². The Morgan fingerprint density at radius 1 is 1.60 bits per heavy atom. The maximum Gasteiger partial charge on any atom is 0.0817 e. The SMILES string of the molecule is Cc1ccc(C(NN)C2OCCC2C)s1. The molecule has 0 spiro atoms. The van der Waals surface area contributed by atoms with E-state index in [2.05, 4.69) is 31.4 Å². The third kappa shape index (κ3) is 2.23. The third-order valence-electron chi connectivity index (χ3n) is 3.02. The van der Waals surface area contributed by atoms with Gasteiger partial charge >= 0.3 is 0 Å². The summed E-state index contributed by atoms with van der Waals surface area (Å²) in [5, 5.41) is 0. The van der Waals surface area contributed by atoms with Crippen LogP contribution >= 0.6 is 11.3 Å². The Balaban J connectivity index is 2.16.